The molecule has 2 aliphatic heterocycles. The molecule has 0 aliphatic carbocycles. The van der Waals surface area contributed by atoms with Crippen LogP contribution in [0.5, 0.6) is 0 Å². The van der Waals surface area contributed by atoms with Crippen molar-refractivity contribution < 1.29 is 38.1 Å². The predicted molar refractivity (Wildman–Crippen MR) is 117 cm³/mol. The molecular formula is C21H23N3O9S. The van der Waals surface area contributed by atoms with Crippen LogP contribution < -0.4 is 5.32 Å². The van der Waals surface area contributed by atoms with Crippen molar-refractivity contribution in [3.8, 4) is 0 Å². The molecule has 2 heterocycles. The summed E-state index contributed by atoms with van der Waals surface area (Å²) in [5.41, 5.74) is -0.746. The molecule has 0 bridgehead atoms. The van der Waals surface area contributed by atoms with E-state index >= 15 is 0 Å². The Morgan fingerprint density at radius 3 is 2.41 bits per heavy atom. The van der Waals surface area contributed by atoms with Crippen LogP contribution in [0.2, 0.25) is 0 Å². The molecule has 0 saturated carbocycles. The number of fused-ring (bicyclic) bond motifs is 1. The van der Waals surface area contributed by atoms with E-state index in [1.165, 1.54) is 12.1 Å². The molecule has 13 heteroatoms. The number of amides is 2. The number of hydrogen-bond acceptors (Lipinski definition) is 9. The SMILES string of the molecule is C=C1C[S+]([O-])[C@H]2C(NC(=O)c3ccc([N+](=O)[O-])cc3)C(=O)N2C1C(=O)OCOC(=O)C(C)(C)C. The minimum atomic E-state index is -1.65. The second kappa shape index (κ2) is 9.43. The molecule has 1 aromatic carbocycles. The van der Waals surface area contributed by atoms with E-state index in [9.17, 15) is 33.8 Å². The summed E-state index contributed by atoms with van der Waals surface area (Å²) in [5, 5.41) is 12.2. The molecule has 1 N–H and O–H groups in total. The summed E-state index contributed by atoms with van der Waals surface area (Å²) in [4.78, 5) is 60.9. The molecule has 4 atom stereocenters. The Morgan fingerprint density at radius 1 is 1.24 bits per heavy atom. The number of nitrogens with zero attached hydrogens (tertiary/aromatic N) is 2. The first kappa shape index (κ1) is 25.2. The molecule has 2 aliphatic rings. The maximum Gasteiger partial charge on any atom is 0.336 e. The summed E-state index contributed by atoms with van der Waals surface area (Å²) in [6, 6.07) is 2.35. The lowest BCUT2D eigenvalue weighted by atomic mass is 9.97. The minimum absolute atomic E-state index is 0.0690. The van der Waals surface area contributed by atoms with Crippen LogP contribution in [0.1, 0.15) is 31.1 Å². The summed E-state index contributed by atoms with van der Waals surface area (Å²) in [6.07, 6.45) is 0. The second-order valence-corrected chi connectivity index (χ2v) is 10.3. The highest BCUT2D eigenvalue weighted by Crippen LogP contribution is 2.36. The third-order valence-corrected chi connectivity index (χ3v) is 6.89. The number of carbonyl (C=O) groups is 4. The number of rotatable bonds is 6. The van der Waals surface area contributed by atoms with E-state index in [0.29, 0.717) is 0 Å². The van der Waals surface area contributed by atoms with Crippen LogP contribution in [0.15, 0.2) is 36.4 Å². The number of nitro groups is 1. The molecule has 2 saturated heterocycles. The van der Waals surface area contributed by atoms with Crippen LogP contribution in [0.4, 0.5) is 5.69 Å². The number of hydrogen-bond donors (Lipinski definition) is 1. The number of ether oxygens (including phenoxy) is 2. The Hall–Kier alpha value is -3.45. The Labute approximate surface area is 197 Å². The third kappa shape index (κ3) is 4.89. The molecule has 0 spiro atoms. The zero-order valence-corrected chi connectivity index (χ0v) is 19.5. The van der Waals surface area contributed by atoms with Crippen molar-refractivity contribution in [2.45, 2.75) is 38.2 Å². The smallest absolute Gasteiger partial charge is 0.336 e. The molecule has 0 aromatic heterocycles. The Balaban J connectivity index is 1.66. The predicted octanol–water partition coefficient (Wildman–Crippen LogP) is 0.639. The van der Waals surface area contributed by atoms with Gasteiger partial charge in [-0.05, 0) is 44.1 Å². The summed E-state index contributed by atoms with van der Waals surface area (Å²) >= 11 is -1.65. The van der Waals surface area contributed by atoms with Gasteiger partial charge in [-0.1, -0.05) is 6.58 Å². The van der Waals surface area contributed by atoms with Crippen molar-refractivity contribution in [3.05, 3.63) is 52.1 Å². The first-order chi connectivity index (χ1) is 15.8. The van der Waals surface area contributed by atoms with E-state index in [1.807, 2.05) is 0 Å². The van der Waals surface area contributed by atoms with Crippen LogP contribution in [0.25, 0.3) is 0 Å². The van der Waals surface area contributed by atoms with E-state index in [-0.39, 0.29) is 22.6 Å². The van der Waals surface area contributed by atoms with Crippen LogP contribution in [-0.4, -0.2) is 68.1 Å². The zero-order valence-electron chi connectivity index (χ0n) is 18.6. The van der Waals surface area contributed by atoms with Crippen LogP contribution in [0, 0.1) is 15.5 Å². The van der Waals surface area contributed by atoms with E-state index < -0.39 is 69.5 Å². The fourth-order valence-corrected chi connectivity index (χ4v) is 5.05. The summed E-state index contributed by atoms with van der Waals surface area (Å²) in [7, 11) is 0. The van der Waals surface area contributed by atoms with Crippen molar-refractivity contribution in [1.82, 2.24) is 10.2 Å². The fourth-order valence-electron chi connectivity index (χ4n) is 3.39. The number of benzene rings is 1. The maximum absolute atomic E-state index is 12.8. The molecule has 12 nitrogen and oxygen atoms in total. The average Bonchev–Trinajstić information content (AvgIpc) is 2.76. The zero-order chi connectivity index (χ0) is 25.4. The van der Waals surface area contributed by atoms with Gasteiger partial charge in [0, 0.05) is 23.3 Å². The topological polar surface area (TPSA) is 168 Å². The molecule has 2 fully saturated rings. The van der Waals surface area contributed by atoms with Gasteiger partial charge in [-0.15, -0.1) is 0 Å². The second-order valence-electron chi connectivity index (χ2n) is 8.74. The van der Waals surface area contributed by atoms with Crippen molar-refractivity contribution in [1.29, 1.82) is 0 Å². The van der Waals surface area contributed by atoms with E-state index in [0.717, 1.165) is 17.0 Å². The van der Waals surface area contributed by atoms with Gasteiger partial charge in [-0.25, -0.2) is 4.79 Å². The van der Waals surface area contributed by atoms with Gasteiger partial charge in [0.05, 0.1) is 10.3 Å². The van der Waals surface area contributed by atoms with Gasteiger partial charge in [0.1, 0.15) is 5.75 Å². The quantitative estimate of drug-likeness (QED) is 0.114. The summed E-state index contributed by atoms with van der Waals surface area (Å²) in [6.45, 7) is 7.95. The number of β-lactam (4-membered cyclic amide) rings is 1. The largest absolute Gasteiger partial charge is 0.614 e. The van der Waals surface area contributed by atoms with Gasteiger partial charge in [0.25, 0.3) is 17.5 Å². The lowest BCUT2D eigenvalue weighted by Gasteiger charge is -2.52. The number of esters is 2. The fraction of sp³-hybridized carbons (Fsp3) is 0.429. The Kier molecular flexibility index (Phi) is 6.98. The first-order valence-corrected chi connectivity index (χ1v) is 11.5. The standard InChI is InChI=1S/C21H23N3O9S/c1-11-9-34(31)18-14(22-16(25)12-5-7-13(8-6-12)24(29)30)17(26)23(18)15(11)19(27)32-10-33-20(28)21(2,3)4/h5-8,14-15,18H,1,9-10H2,2-4H3,(H,22,25)/t14?,15?,18-,34?/m0/s1. The molecule has 2 amide bonds. The lowest BCUT2D eigenvalue weighted by molar-refractivity contribution is -0.384. The number of nitro benzene ring substituents is 1. The van der Waals surface area contributed by atoms with Gasteiger partial charge < -0.3 is 19.3 Å². The minimum Gasteiger partial charge on any atom is -0.614 e. The van der Waals surface area contributed by atoms with Gasteiger partial charge in [-0.2, -0.15) is 0 Å². The van der Waals surface area contributed by atoms with Crippen LogP contribution in [-0.2, 0) is 35.0 Å². The highest BCUT2D eigenvalue weighted by Gasteiger charge is 2.63. The first-order valence-electron chi connectivity index (χ1n) is 10.1. The van der Waals surface area contributed by atoms with E-state index in [4.69, 9.17) is 9.47 Å². The lowest BCUT2D eigenvalue weighted by Crippen LogP contribution is -2.78. The van der Waals surface area contributed by atoms with Gasteiger partial charge in [0.2, 0.25) is 12.2 Å². The molecule has 3 unspecified atom stereocenters. The number of carbonyl (C=O) groups excluding carboxylic acids is 4. The average molecular weight is 493 g/mol. The normalized spacial score (nSPS) is 23.9. The van der Waals surface area contributed by atoms with Crippen molar-refractivity contribution in [2.75, 3.05) is 12.5 Å². The Bertz CT molecular complexity index is 1050. The van der Waals surface area contributed by atoms with Gasteiger partial charge in [-0.3, -0.25) is 29.4 Å². The van der Waals surface area contributed by atoms with Gasteiger partial charge >= 0.3 is 11.9 Å². The van der Waals surface area contributed by atoms with Crippen LogP contribution in [0.3, 0.4) is 0 Å². The van der Waals surface area contributed by atoms with E-state index in [2.05, 4.69) is 11.9 Å². The number of non-ortho nitro benzene ring substituents is 1. The Morgan fingerprint density at radius 2 is 1.85 bits per heavy atom. The van der Waals surface area contributed by atoms with E-state index in [1.54, 1.807) is 20.8 Å². The van der Waals surface area contributed by atoms with Crippen molar-refractivity contribution in [3.63, 3.8) is 0 Å². The summed E-state index contributed by atoms with van der Waals surface area (Å²) in [5.74, 6) is -2.94. The van der Waals surface area contributed by atoms with Crippen LogP contribution >= 0.6 is 0 Å². The summed E-state index contributed by atoms with van der Waals surface area (Å²) < 4.78 is 22.5. The molecule has 3 rings (SSSR count). The third-order valence-electron chi connectivity index (χ3n) is 5.20. The molecule has 34 heavy (non-hydrogen) atoms. The molecular weight excluding hydrogens is 470 g/mol. The molecule has 182 valence electrons. The molecule has 1 aromatic rings. The van der Waals surface area contributed by atoms with Crippen molar-refractivity contribution in [2.24, 2.45) is 5.41 Å². The van der Waals surface area contributed by atoms with Crippen molar-refractivity contribution >= 4 is 40.6 Å². The number of nitrogens with one attached hydrogen (secondary N) is 1. The van der Waals surface area contributed by atoms with Gasteiger partial charge in [0.15, 0.2) is 12.1 Å². The molecule has 0 radical (unpaired) electrons. The highest BCUT2D eigenvalue weighted by atomic mass is 32.2. The highest BCUT2D eigenvalue weighted by molar-refractivity contribution is 7.92. The maximum atomic E-state index is 12.8. The monoisotopic (exact) mass is 493 g/mol.